The number of pyridine rings is 1. The summed E-state index contributed by atoms with van der Waals surface area (Å²) in [7, 11) is 0. The third-order valence-electron chi connectivity index (χ3n) is 3.02. The number of rotatable bonds is 1. The van der Waals surface area contributed by atoms with Crippen molar-refractivity contribution in [1.29, 1.82) is 0 Å². The lowest BCUT2D eigenvalue weighted by Gasteiger charge is -2.22. The molecule has 0 radical (unpaired) electrons. The van der Waals surface area contributed by atoms with Crippen molar-refractivity contribution in [3.05, 3.63) is 33.7 Å². The first-order valence-corrected chi connectivity index (χ1v) is 5.39. The molecule has 1 aromatic rings. The highest BCUT2D eigenvalue weighted by Gasteiger charge is 2.19. The first-order valence-electron chi connectivity index (χ1n) is 6.59. The largest absolute Gasteiger partial charge is 0.425 e. The summed E-state index contributed by atoms with van der Waals surface area (Å²) in [6.07, 6.45) is 5.14. The van der Waals surface area contributed by atoms with Crippen LogP contribution in [0.1, 0.15) is 52.0 Å². The Morgan fingerprint density at radius 1 is 1.53 bits per heavy atom. The van der Waals surface area contributed by atoms with Crippen LogP contribution in [-0.2, 0) is 0 Å². The van der Waals surface area contributed by atoms with E-state index in [1.165, 1.54) is 12.5 Å². The summed E-state index contributed by atoms with van der Waals surface area (Å²) in [4.78, 5) is 11.6. The minimum Gasteiger partial charge on any atom is -0.425 e. The zero-order valence-electron chi connectivity index (χ0n) is 10.7. The van der Waals surface area contributed by atoms with Crippen molar-refractivity contribution in [2.24, 2.45) is 0 Å². The number of hydrogen-bond acceptors (Lipinski definition) is 2. The third kappa shape index (κ3) is 2.06. The van der Waals surface area contributed by atoms with E-state index < -0.39 is 5.56 Å². The monoisotopic (exact) mass is 209 g/mol. The van der Waals surface area contributed by atoms with Crippen LogP contribution in [0.2, 0.25) is 0 Å². The fraction of sp³-hybridized carbons (Fsp3) is 0.583. The normalized spacial score (nSPS) is 19.7. The van der Waals surface area contributed by atoms with E-state index in [0.29, 0.717) is 16.0 Å². The molecule has 0 saturated heterocycles. The molecule has 82 valence electrons. The molecule has 1 aromatic heterocycles. The molecule has 0 aliphatic heterocycles. The second-order valence-corrected chi connectivity index (χ2v) is 4.16. The van der Waals surface area contributed by atoms with Crippen LogP contribution in [0.5, 0.6) is 0 Å². The van der Waals surface area contributed by atoms with E-state index in [-0.39, 0.29) is 18.9 Å². The van der Waals surface area contributed by atoms with Crippen molar-refractivity contribution in [2.45, 2.75) is 44.9 Å². The van der Waals surface area contributed by atoms with Gasteiger partial charge >= 0.3 is 0 Å². The highest BCUT2D eigenvalue weighted by Crippen LogP contribution is 2.31. The van der Waals surface area contributed by atoms with Crippen LogP contribution in [0.15, 0.2) is 16.9 Å². The van der Waals surface area contributed by atoms with Gasteiger partial charge in [0.2, 0.25) is 0 Å². The Morgan fingerprint density at radius 2 is 2.27 bits per heavy atom. The summed E-state index contributed by atoms with van der Waals surface area (Å²) in [5, 5.41) is 9.77. The molecule has 15 heavy (non-hydrogen) atoms. The summed E-state index contributed by atoms with van der Waals surface area (Å²) < 4.78 is 15.9. The molecule has 0 unspecified atom stereocenters. The molecule has 1 N–H and O–H groups in total. The lowest BCUT2D eigenvalue weighted by Crippen LogP contribution is -2.23. The van der Waals surface area contributed by atoms with Gasteiger partial charge in [0.15, 0.2) is 0 Å². The zero-order chi connectivity index (χ0) is 12.4. The SMILES string of the molecule is [2H]Cc1cc(=O)n(O)c(C2CCCCC2)c1[2H]. The number of aromatic nitrogens is 1. The molecule has 0 spiro atoms. The average molecular weight is 209 g/mol. The van der Waals surface area contributed by atoms with Gasteiger partial charge in [0.05, 0.1) is 7.06 Å². The van der Waals surface area contributed by atoms with Gasteiger partial charge in [-0.2, -0.15) is 4.73 Å². The Balaban J connectivity index is 2.50. The van der Waals surface area contributed by atoms with Gasteiger partial charge in [0.25, 0.3) is 5.56 Å². The molecule has 3 nitrogen and oxygen atoms in total. The predicted molar refractivity (Wildman–Crippen MR) is 58.4 cm³/mol. The van der Waals surface area contributed by atoms with E-state index in [1.54, 1.807) is 0 Å². The first-order chi connectivity index (χ1) is 8.15. The lowest BCUT2D eigenvalue weighted by molar-refractivity contribution is 0.156. The van der Waals surface area contributed by atoms with Gasteiger partial charge < -0.3 is 5.21 Å². The van der Waals surface area contributed by atoms with Crippen LogP contribution in [-0.4, -0.2) is 9.94 Å². The highest BCUT2D eigenvalue weighted by molar-refractivity contribution is 5.19. The second-order valence-electron chi connectivity index (χ2n) is 4.16. The van der Waals surface area contributed by atoms with Crippen LogP contribution in [0.4, 0.5) is 0 Å². The number of nitrogens with zero attached hydrogens (tertiary/aromatic N) is 1. The van der Waals surface area contributed by atoms with Crippen LogP contribution in [0.25, 0.3) is 0 Å². The summed E-state index contributed by atoms with van der Waals surface area (Å²) >= 11 is 0. The summed E-state index contributed by atoms with van der Waals surface area (Å²) in [6.45, 7) is -0.0887. The summed E-state index contributed by atoms with van der Waals surface area (Å²) in [6, 6.07) is 1.34. The smallest absolute Gasteiger partial charge is 0.283 e. The second kappa shape index (κ2) is 4.09. The first kappa shape index (κ1) is 7.97. The van der Waals surface area contributed by atoms with Crippen molar-refractivity contribution < 1.29 is 7.95 Å². The van der Waals surface area contributed by atoms with Crippen molar-refractivity contribution in [3.8, 4) is 0 Å². The van der Waals surface area contributed by atoms with Crippen molar-refractivity contribution in [1.82, 2.24) is 4.73 Å². The maximum Gasteiger partial charge on any atom is 0.283 e. The Labute approximate surface area is 92.1 Å². The molecule has 1 fully saturated rings. The lowest BCUT2D eigenvalue weighted by atomic mass is 9.86. The molecule has 1 aliphatic rings. The molecule has 1 heterocycles. The van der Waals surface area contributed by atoms with Crippen LogP contribution < -0.4 is 5.56 Å². The number of hydrogen-bond donors (Lipinski definition) is 1. The van der Waals surface area contributed by atoms with Crippen LogP contribution in [0, 0.1) is 6.90 Å². The van der Waals surface area contributed by atoms with Gasteiger partial charge in [-0.25, -0.2) is 0 Å². The van der Waals surface area contributed by atoms with Crippen molar-refractivity contribution in [2.75, 3.05) is 0 Å². The molecule has 0 aromatic carbocycles. The molecular formula is C12H17NO2. The fourth-order valence-corrected chi connectivity index (χ4v) is 2.23. The Bertz CT molecular complexity index is 464. The predicted octanol–water partition coefficient (Wildman–Crippen LogP) is 2.44. The molecule has 1 aliphatic carbocycles. The molecule has 0 atom stereocenters. The summed E-state index contributed by atoms with van der Waals surface area (Å²) in [5.41, 5.74) is 0.282. The van der Waals surface area contributed by atoms with Crippen molar-refractivity contribution in [3.63, 3.8) is 0 Å². The maximum absolute atomic E-state index is 11.6. The topological polar surface area (TPSA) is 42.2 Å². The Hall–Kier alpha value is -1.25. The average Bonchev–Trinajstić information content (AvgIpc) is 2.35. The maximum atomic E-state index is 11.6. The molecule has 2 rings (SSSR count). The fourth-order valence-electron chi connectivity index (χ4n) is 2.23. The van der Waals surface area contributed by atoms with E-state index in [4.69, 9.17) is 2.74 Å². The van der Waals surface area contributed by atoms with Gasteiger partial charge in [-0.15, -0.1) is 0 Å². The highest BCUT2D eigenvalue weighted by atomic mass is 16.5. The Kier molecular flexibility index (Phi) is 2.17. The van der Waals surface area contributed by atoms with Gasteiger partial charge in [-0.05, 0) is 31.3 Å². The van der Waals surface area contributed by atoms with Crippen LogP contribution in [0.3, 0.4) is 0 Å². The molecule has 0 bridgehead atoms. The molecular weight excluding hydrogens is 190 g/mol. The third-order valence-corrected chi connectivity index (χ3v) is 3.02. The van der Waals surface area contributed by atoms with Gasteiger partial charge in [0.1, 0.15) is 0 Å². The number of aryl methyl sites for hydroxylation is 1. The van der Waals surface area contributed by atoms with E-state index in [2.05, 4.69) is 0 Å². The molecule has 1 saturated carbocycles. The van der Waals surface area contributed by atoms with E-state index in [1.807, 2.05) is 0 Å². The molecule has 3 heteroatoms. The minimum absolute atomic E-state index is 0.0837. The van der Waals surface area contributed by atoms with Crippen molar-refractivity contribution >= 4 is 0 Å². The Morgan fingerprint density at radius 3 is 2.93 bits per heavy atom. The van der Waals surface area contributed by atoms with E-state index >= 15 is 0 Å². The van der Waals surface area contributed by atoms with E-state index in [0.717, 1.165) is 25.7 Å². The standard InChI is InChI=1S/C12H17NO2/c1-9-7-11(13(15)12(14)8-9)10-5-3-2-4-6-10/h7-8,10,15H,2-6H2,1H3/i1D,7D. The quantitative estimate of drug-likeness (QED) is 0.722. The summed E-state index contributed by atoms with van der Waals surface area (Å²) in [5.74, 6) is 0.0837. The van der Waals surface area contributed by atoms with Gasteiger partial charge in [-0.1, -0.05) is 19.3 Å². The van der Waals surface area contributed by atoms with Gasteiger partial charge in [0, 0.05) is 13.4 Å². The van der Waals surface area contributed by atoms with Gasteiger partial charge in [-0.3, -0.25) is 4.79 Å². The zero-order valence-corrected chi connectivity index (χ0v) is 8.70. The van der Waals surface area contributed by atoms with Crippen LogP contribution >= 0.6 is 0 Å². The minimum atomic E-state index is -0.524. The van der Waals surface area contributed by atoms with E-state index in [9.17, 15) is 10.0 Å². The molecule has 0 amide bonds.